The molecular formula is C29H41N. The van der Waals surface area contributed by atoms with Gasteiger partial charge in [-0.1, -0.05) is 69.9 Å². The van der Waals surface area contributed by atoms with Gasteiger partial charge in [0, 0.05) is 11.8 Å². The zero-order chi connectivity index (χ0) is 20.8. The summed E-state index contributed by atoms with van der Waals surface area (Å²) in [7, 11) is 0. The van der Waals surface area contributed by atoms with Gasteiger partial charge in [-0.15, -0.1) is 0 Å². The summed E-state index contributed by atoms with van der Waals surface area (Å²) < 4.78 is 0. The third-order valence-electron chi connectivity index (χ3n) is 8.02. The summed E-state index contributed by atoms with van der Waals surface area (Å²) in [5, 5.41) is 0. The lowest BCUT2D eigenvalue weighted by atomic mass is 9.77. The van der Waals surface area contributed by atoms with Gasteiger partial charge >= 0.3 is 0 Å². The van der Waals surface area contributed by atoms with Gasteiger partial charge in [0.1, 0.15) is 0 Å². The smallest absolute Gasteiger partial charge is 0.0702 e. The van der Waals surface area contributed by atoms with E-state index in [9.17, 15) is 0 Å². The second-order valence-electron chi connectivity index (χ2n) is 10.1. The highest BCUT2D eigenvalue weighted by molar-refractivity contribution is 5.59. The van der Waals surface area contributed by atoms with Gasteiger partial charge in [-0.05, 0) is 92.2 Å². The molecule has 0 spiro atoms. The Morgan fingerprint density at radius 3 is 1.60 bits per heavy atom. The van der Waals surface area contributed by atoms with E-state index in [-0.39, 0.29) is 0 Å². The minimum Gasteiger partial charge on any atom is -0.256 e. The third kappa shape index (κ3) is 5.34. The molecule has 0 N–H and O–H groups in total. The summed E-state index contributed by atoms with van der Waals surface area (Å²) in [6.45, 7) is 4.64. The SMILES string of the molecule is CCCC1CCC(c2ccc(-c3ccc(C4CCC(CCC)CC4)cn3)cc2)CC1. The zero-order valence-electron chi connectivity index (χ0n) is 19.3. The Hall–Kier alpha value is -1.63. The Morgan fingerprint density at radius 1 is 0.633 bits per heavy atom. The first-order valence-electron chi connectivity index (χ1n) is 12.8. The molecule has 162 valence electrons. The van der Waals surface area contributed by atoms with E-state index in [1.54, 1.807) is 0 Å². The van der Waals surface area contributed by atoms with Crippen molar-refractivity contribution in [2.45, 2.75) is 103 Å². The van der Waals surface area contributed by atoms with E-state index in [1.165, 1.54) is 93.7 Å². The first-order chi connectivity index (χ1) is 14.8. The van der Waals surface area contributed by atoms with Gasteiger partial charge < -0.3 is 0 Å². The van der Waals surface area contributed by atoms with Crippen molar-refractivity contribution in [1.82, 2.24) is 4.98 Å². The molecule has 0 saturated heterocycles. The summed E-state index contributed by atoms with van der Waals surface area (Å²) in [5.41, 5.74) is 5.37. The van der Waals surface area contributed by atoms with Crippen LogP contribution in [0.1, 0.15) is 114 Å². The highest BCUT2D eigenvalue weighted by atomic mass is 14.7. The first-order valence-corrected chi connectivity index (χ1v) is 12.8. The molecule has 2 fully saturated rings. The van der Waals surface area contributed by atoms with Crippen LogP contribution in [0.4, 0.5) is 0 Å². The average molecular weight is 404 g/mol. The lowest BCUT2D eigenvalue weighted by Gasteiger charge is -2.29. The number of pyridine rings is 1. The van der Waals surface area contributed by atoms with Crippen LogP contribution >= 0.6 is 0 Å². The van der Waals surface area contributed by atoms with Gasteiger partial charge in [0.05, 0.1) is 5.69 Å². The fraction of sp³-hybridized carbons (Fsp3) is 0.621. The Bertz CT molecular complexity index is 676. The maximum absolute atomic E-state index is 4.85. The maximum Gasteiger partial charge on any atom is 0.0702 e. The van der Waals surface area contributed by atoms with Crippen molar-refractivity contribution in [2.24, 2.45) is 11.8 Å². The molecule has 1 aromatic heterocycles. The molecule has 1 aromatic carbocycles. The van der Waals surface area contributed by atoms with Crippen LogP contribution in [0, 0.1) is 11.8 Å². The Balaban J connectivity index is 1.33. The zero-order valence-corrected chi connectivity index (χ0v) is 19.3. The van der Waals surface area contributed by atoms with Gasteiger partial charge in [0.15, 0.2) is 0 Å². The molecule has 2 aliphatic carbocycles. The summed E-state index contributed by atoms with van der Waals surface area (Å²) >= 11 is 0. The predicted octanol–water partition coefficient (Wildman–Crippen LogP) is 8.90. The predicted molar refractivity (Wildman–Crippen MR) is 129 cm³/mol. The van der Waals surface area contributed by atoms with Crippen LogP contribution in [0.3, 0.4) is 0 Å². The Labute approximate surface area is 184 Å². The number of rotatable bonds is 7. The van der Waals surface area contributed by atoms with Crippen LogP contribution in [-0.4, -0.2) is 4.98 Å². The normalized spacial score (nSPS) is 27.1. The average Bonchev–Trinajstić information content (AvgIpc) is 2.81. The quantitative estimate of drug-likeness (QED) is 0.449. The van der Waals surface area contributed by atoms with E-state index >= 15 is 0 Å². The molecule has 0 aliphatic heterocycles. The van der Waals surface area contributed by atoms with Crippen LogP contribution in [-0.2, 0) is 0 Å². The number of benzene rings is 1. The summed E-state index contributed by atoms with van der Waals surface area (Å²) in [6.07, 6.45) is 18.8. The summed E-state index contributed by atoms with van der Waals surface area (Å²) in [5.74, 6) is 3.45. The Morgan fingerprint density at radius 2 is 1.13 bits per heavy atom. The summed E-state index contributed by atoms with van der Waals surface area (Å²) in [4.78, 5) is 4.85. The van der Waals surface area contributed by atoms with Gasteiger partial charge in [-0.2, -0.15) is 0 Å². The molecule has 2 aromatic rings. The molecule has 0 bridgehead atoms. The topological polar surface area (TPSA) is 12.9 Å². The molecule has 1 heteroatoms. The van der Waals surface area contributed by atoms with E-state index in [0.29, 0.717) is 0 Å². The van der Waals surface area contributed by atoms with E-state index in [1.807, 2.05) is 0 Å². The van der Waals surface area contributed by atoms with Crippen molar-refractivity contribution in [3.05, 3.63) is 53.7 Å². The summed E-state index contributed by atoms with van der Waals surface area (Å²) in [6, 6.07) is 13.9. The van der Waals surface area contributed by atoms with Crippen LogP contribution in [0.2, 0.25) is 0 Å². The lowest BCUT2D eigenvalue weighted by Crippen LogP contribution is -2.13. The standard InChI is InChI=1S/C29H41N/c1-3-5-22-7-11-24(12-8-22)25-15-17-27(18-16-25)29-20-19-28(21-30-29)26-13-9-23(6-4-2)10-14-26/h15-24,26H,3-14H2,1-2H3. The molecule has 4 rings (SSSR count). The van der Waals surface area contributed by atoms with Gasteiger partial charge in [-0.3, -0.25) is 4.98 Å². The molecule has 1 nitrogen and oxygen atoms in total. The first kappa shape index (κ1) is 21.6. The molecule has 0 amide bonds. The second kappa shape index (κ2) is 10.6. The van der Waals surface area contributed by atoms with Gasteiger partial charge in [0.2, 0.25) is 0 Å². The highest BCUT2D eigenvalue weighted by Gasteiger charge is 2.23. The monoisotopic (exact) mass is 403 g/mol. The van der Waals surface area contributed by atoms with Gasteiger partial charge in [0.25, 0.3) is 0 Å². The maximum atomic E-state index is 4.85. The van der Waals surface area contributed by atoms with E-state index in [2.05, 4.69) is 56.4 Å². The molecule has 2 saturated carbocycles. The van der Waals surface area contributed by atoms with Gasteiger partial charge in [-0.25, -0.2) is 0 Å². The van der Waals surface area contributed by atoms with E-state index in [0.717, 1.165) is 29.4 Å². The van der Waals surface area contributed by atoms with Crippen molar-refractivity contribution in [2.75, 3.05) is 0 Å². The lowest BCUT2D eigenvalue weighted by molar-refractivity contribution is 0.308. The van der Waals surface area contributed by atoms with Crippen molar-refractivity contribution in [1.29, 1.82) is 0 Å². The minimum atomic E-state index is 0.727. The number of nitrogens with zero attached hydrogens (tertiary/aromatic N) is 1. The molecule has 1 heterocycles. The fourth-order valence-electron chi connectivity index (χ4n) is 6.13. The molecule has 30 heavy (non-hydrogen) atoms. The number of hydrogen-bond acceptors (Lipinski definition) is 1. The molecule has 2 aliphatic rings. The molecule has 0 unspecified atom stereocenters. The van der Waals surface area contributed by atoms with Crippen LogP contribution in [0.15, 0.2) is 42.6 Å². The van der Waals surface area contributed by atoms with Crippen molar-refractivity contribution in [3.63, 3.8) is 0 Å². The van der Waals surface area contributed by atoms with E-state index in [4.69, 9.17) is 4.98 Å². The number of aromatic nitrogens is 1. The second-order valence-corrected chi connectivity index (χ2v) is 10.1. The minimum absolute atomic E-state index is 0.727. The molecule has 0 atom stereocenters. The number of hydrogen-bond donors (Lipinski definition) is 0. The van der Waals surface area contributed by atoms with Crippen molar-refractivity contribution in [3.8, 4) is 11.3 Å². The fourth-order valence-corrected chi connectivity index (χ4v) is 6.13. The van der Waals surface area contributed by atoms with E-state index < -0.39 is 0 Å². The largest absolute Gasteiger partial charge is 0.256 e. The Kier molecular flexibility index (Phi) is 7.63. The van der Waals surface area contributed by atoms with Crippen LogP contribution in [0.5, 0.6) is 0 Å². The van der Waals surface area contributed by atoms with Crippen LogP contribution < -0.4 is 0 Å². The van der Waals surface area contributed by atoms with Crippen molar-refractivity contribution < 1.29 is 0 Å². The molecule has 0 radical (unpaired) electrons. The highest BCUT2D eigenvalue weighted by Crippen LogP contribution is 2.39. The van der Waals surface area contributed by atoms with Crippen LogP contribution in [0.25, 0.3) is 11.3 Å². The van der Waals surface area contributed by atoms with Crippen molar-refractivity contribution >= 4 is 0 Å². The third-order valence-corrected chi connectivity index (χ3v) is 8.02. The molecular weight excluding hydrogens is 362 g/mol.